The second-order valence-corrected chi connectivity index (χ2v) is 8.25. The average Bonchev–Trinajstić information content (AvgIpc) is 2.82. The zero-order valence-electron chi connectivity index (χ0n) is 19.2. The first-order valence-electron chi connectivity index (χ1n) is 11.1. The van der Waals surface area contributed by atoms with E-state index in [2.05, 4.69) is 17.4 Å². The van der Waals surface area contributed by atoms with Crippen LogP contribution in [0.3, 0.4) is 0 Å². The molecule has 0 aliphatic carbocycles. The summed E-state index contributed by atoms with van der Waals surface area (Å²) in [5, 5.41) is 23.0. The van der Waals surface area contributed by atoms with Gasteiger partial charge in [0.05, 0.1) is 6.10 Å². The molecule has 0 saturated carbocycles. The zero-order chi connectivity index (χ0) is 23.6. The molecule has 0 saturated heterocycles. The number of rotatable bonds is 12. The number of hydrogen-bond acceptors (Lipinski definition) is 5. The third kappa shape index (κ3) is 7.43. The molecule has 6 nitrogen and oxygen atoms in total. The molecule has 1 atom stereocenters. The molecule has 0 heterocycles. The van der Waals surface area contributed by atoms with Gasteiger partial charge in [-0.15, -0.1) is 0 Å². The maximum atomic E-state index is 11.5. The highest BCUT2D eigenvalue weighted by Gasteiger charge is 2.13. The monoisotopic (exact) mass is 448 g/mol. The van der Waals surface area contributed by atoms with Crippen LogP contribution in [0, 0.1) is 0 Å². The first-order chi connectivity index (χ1) is 15.9. The molecule has 0 spiro atoms. The van der Waals surface area contributed by atoms with E-state index in [0.29, 0.717) is 25.4 Å². The molecule has 6 heteroatoms. The minimum atomic E-state index is -0.998. The second kappa shape index (κ2) is 12.2. The van der Waals surface area contributed by atoms with Crippen LogP contribution >= 0.6 is 0 Å². The first-order valence-corrected chi connectivity index (χ1v) is 11.1. The van der Waals surface area contributed by atoms with E-state index in [1.54, 1.807) is 12.1 Å². The van der Waals surface area contributed by atoms with Gasteiger partial charge in [-0.25, -0.2) is 4.79 Å². The van der Waals surface area contributed by atoms with Gasteiger partial charge in [0, 0.05) is 13.1 Å². The molecule has 3 aromatic carbocycles. The Bertz CT molecular complexity index is 1020. The number of nitrogens with one attached hydrogen (secondary N) is 1. The van der Waals surface area contributed by atoms with Crippen LogP contribution in [0.4, 0.5) is 0 Å². The lowest BCUT2D eigenvalue weighted by atomic mass is 10.0. The van der Waals surface area contributed by atoms with Crippen molar-refractivity contribution in [2.45, 2.75) is 12.5 Å². The van der Waals surface area contributed by atoms with Crippen molar-refractivity contribution in [3.63, 3.8) is 0 Å². The molecule has 0 aliphatic heterocycles. The third-order valence-corrected chi connectivity index (χ3v) is 5.41. The Balaban J connectivity index is 1.57. The van der Waals surface area contributed by atoms with Crippen LogP contribution in [0.25, 0.3) is 11.1 Å². The van der Waals surface area contributed by atoms with E-state index in [4.69, 9.17) is 4.74 Å². The molecular weight excluding hydrogens is 416 g/mol. The topological polar surface area (TPSA) is 82.0 Å². The molecule has 0 amide bonds. The fourth-order valence-corrected chi connectivity index (χ4v) is 3.46. The van der Waals surface area contributed by atoms with Crippen molar-refractivity contribution < 1.29 is 19.7 Å². The molecule has 3 aromatic rings. The molecule has 0 aromatic heterocycles. The Kier molecular flexibility index (Phi) is 9.01. The number of likely N-dealkylation sites (N-methyl/N-ethyl adjacent to an activating group) is 1. The van der Waals surface area contributed by atoms with Crippen molar-refractivity contribution in [2.75, 3.05) is 40.3 Å². The van der Waals surface area contributed by atoms with E-state index in [0.717, 1.165) is 29.7 Å². The summed E-state index contributed by atoms with van der Waals surface area (Å²) in [4.78, 5) is 13.5. The SMILES string of the molecule is CN(C)CCOc1cc(-c2ccc(CCNC[C@H](O)c3ccccc3)cc2)ccc1C(=O)O. The summed E-state index contributed by atoms with van der Waals surface area (Å²) in [6.45, 7) is 2.39. The molecule has 0 radical (unpaired) electrons. The average molecular weight is 449 g/mol. The Morgan fingerprint density at radius 3 is 2.36 bits per heavy atom. The van der Waals surface area contributed by atoms with Crippen molar-refractivity contribution in [3.8, 4) is 16.9 Å². The van der Waals surface area contributed by atoms with Crippen molar-refractivity contribution in [1.82, 2.24) is 10.2 Å². The van der Waals surface area contributed by atoms with Gasteiger partial charge in [-0.1, -0.05) is 60.7 Å². The van der Waals surface area contributed by atoms with Gasteiger partial charge in [-0.05, 0) is 61.4 Å². The Hall–Kier alpha value is -3.19. The Labute approximate surface area is 195 Å². The molecule has 33 heavy (non-hydrogen) atoms. The van der Waals surface area contributed by atoms with Crippen LogP contribution in [0.1, 0.15) is 27.6 Å². The molecule has 0 bridgehead atoms. The normalized spacial score (nSPS) is 12.0. The van der Waals surface area contributed by atoms with E-state index < -0.39 is 12.1 Å². The van der Waals surface area contributed by atoms with Gasteiger partial charge < -0.3 is 25.2 Å². The van der Waals surface area contributed by atoms with E-state index in [1.807, 2.05) is 67.5 Å². The third-order valence-electron chi connectivity index (χ3n) is 5.41. The number of aromatic carboxylic acids is 1. The van der Waals surface area contributed by atoms with E-state index >= 15 is 0 Å². The van der Waals surface area contributed by atoms with Crippen molar-refractivity contribution in [1.29, 1.82) is 0 Å². The number of carbonyl (C=O) groups is 1. The number of benzene rings is 3. The van der Waals surface area contributed by atoms with Gasteiger partial charge in [0.1, 0.15) is 17.9 Å². The molecule has 174 valence electrons. The quantitative estimate of drug-likeness (QED) is 0.365. The fraction of sp³-hybridized carbons (Fsp3) is 0.296. The summed E-state index contributed by atoms with van der Waals surface area (Å²) in [6.07, 6.45) is 0.329. The smallest absolute Gasteiger partial charge is 0.339 e. The number of carboxylic acids is 1. The lowest BCUT2D eigenvalue weighted by Gasteiger charge is -2.14. The number of nitrogens with zero attached hydrogens (tertiary/aromatic N) is 1. The van der Waals surface area contributed by atoms with Gasteiger partial charge >= 0.3 is 5.97 Å². The number of carboxylic acid groups (broad SMARTS) is 1. The summed E-state index contributed by atoms with van der Waals surface area (Å²) >= 11 is 0. The van der Waals surface area contributed by atoms with E-state index in [1.165, 1.54) is 5.56 Å². The lowest BCUT2D eigenvalue weighted by molar-refractivity contribution is 0.0692. The Morgan fingerprint density at radius 1 is 1.00 bits per heavy atom. The number of ether oxygens (including phenoxy) is 1. The van der Waals surface area contributed by atoms with Crippen LogP contribution in [0.15, 0.2) is 72.8 Å². The summed E-state index contributed by atoms with van der Waals surface area (Å²) in [7, 11) is 3.89. The highest BCUT2D eigenvalue weighted by molar-refractivity contribution is 5.92. The molecule has 3 rings (SSSR count). The maximum absolute atomic E-state index is 11.5. The van der Waals surface area contributed by atoms with Crippen LogP contribution in [0.5, 0.6) is 5.75 Å². The molecule has 0 fully saturated rings. The molecule has 0 unspecified atom stereocenters. The molecular formula is C27H32N2O4. The van der Waals surface area contributed by atoms with E-state index in [9.17, 15) is 15.0 Å². The van der Waals surface area contributed by atoms with Crippen LogP contribution in [-0.4, -0.2) is 61.4 Å². The summed E-state index contributed by atoms with van der Waals surface area (Å²) < 4.78 is 5.76. The minimum Gasteiger partial charge on any atom is -0.491 e. The highest BCUT2D eigenvalue weighted by Crippen LogP contribution is 2.28. The molecule has 0 aliphatic rings. The van der Waals surface area contributed by atoms with Crippen LogP contribution in [-0.2, 0) is 6.42 Å². The van der Waals surface area contributed by atoms with Gasteiger partial charge in [0.25, 0.3) is 0 Å². The van der Waals surface area contributed by atoms with Gasteiger partial charge in [-0.3, -0.25) is 0 Å². The largest absolute Gasteiger partial charge is 0.491 e. The highest BCUT2D eigenvalue weighted by atomic mass is 16.5. The number of hydrogen-bond donors (Lipinski definition) is 3. The fourth-order valence-electron chi connectivity index (χ4n) is 3.46. The van der Waals surface area contributed by atoms with Crippen molar-refractivity contribution in [2.24, 2.45) is 0 Å². The summed E-state index contributed by atoms with van der Waals surface area (Å²) in [5.74, 6) is -0.617. The standard InChI is InChI=1S/C27H32N2O4/c1-29(2)16-17-33-26-18-23(12-13-24(26)27(31)32)21-10-8-20(9-11-21)14-15-28-19-25(30)22-6-4-3-5-7-22/h3-13,18,25,28,30H,14-17,19H2,1-2H3,(H,31,32)/t25-/m0/s1. The predicted octanol–water partition coefficient (Wildman–Crippen LogP) is 3.86. The first kappa shape index (κ1) is 24.5. The van der Waals surface area contributed by atoms with Crippen LogP contribution in [0.2, 0.25) is 0 Å². The summed E-state index contributed by atoms with van der Waals surface area (Å²) in [5.41, 5.74) is 4.17. The zero-order valence-corrected chi connectivity index (χ0v) is 19.2. The lowest BCUT2D eigenvalue weighted by Crippen LogP contribution is -2.23. The Morgan fingerprint density at radius 2 is 1.70 bits per heavy atom. The van der Waals surface area contributed by atoms with Gasteiger partial charge in [0.2, 0.25) is 0 Å². The maximum Gasteiger partial charge on any atom is 0.339 e. The number of aliphatic hydroxyl groups excluding tert-OH is 1. The minimum absolute atomic E-state index is 0.165. The second-order valence-electron chi connectivity index (χ2n) is 8.25. The van der Waals surface area contributed by atoms with Gasteiger partial charge in [0.15, 0.2) is 0 Å². The molecule has 3 N–H and O–H groups in total. The number of aliphatic hydroxyl groups is 1. The van der Waals surface area contributed by atoms with Crippen LogP contribution < -0.4 is 10.1 Å². The van der Waals surface area contributed by atoms with E-state index in [-0.39, 0.29) is 5.56 Å². The predicted molar refractivity (Wildman–Crippen MR) is 131 cm³/mol. The van der Waals surface area contributed by atoms with Crippen molar-refractivity contribution >= 4 is 5.97 Å². The van der Waals surface area contributed by atoms with Crippen molar-refractivity contribution in [3.05, 3.63) is 89.5 Å². The summed E-state index contributed by atoms with van der Waals surface area (Å²) in [6, 6.07) is 23.0. The van der Waals surface area contributed by atoms with Gasteiger partial charge in [-0.2, -0.15) is 0 Å².